The third-order valence-corrected chi connectivity index (χ3v) is 4.21. The Balaban J connectivity index is 2.26. The maximum Gasteiger partial charge on any atom is 0.122 e. The first kappa shape index (κ1) is 13.4. The van der Waals surface area contributed by atoms with Crippen LogP contribution < -0.4 is 10.5 Å². The Morgan fingerprint density at radius 2 is 2.06 bits per heavy atom. The molecule has 0 spiro atoms. The Bertz CT molecular complexity index is 383. The van der Waals surface area contributed by atoms with Crippen LogP contribution >= 0.6 is 0 Å². The van der Waals surface area contributed by atoms with E-state index in [1.807, 2.05) is 0 Å². The number of nitrogens with two attached hydrogens (primary N) is 1. The largest absolute Gasteiger partial charge is 0.496 e. The number of ether oxygens (including phenoxy) is 1. The minimum absolute atomic E-state index is 0.478. The van der Waals surface area contributed by atoms with Crippen LogP contribution in [0.5, 0.6) is 5.75 Å². The lowest BCUT2D eigenvalue weighted by Crippen LogP contribution is -2.07. The summed E-state index contributed by atoms with van der Waals surface area (Å²) in [7, 11) is 1.75. The van der Waals surface area contributed by atoms with E-state index in [2.05, 4.69) is 25.1 Å². The highest BCUT2D eigenvalue weighted by atomic mass is 16.5. The molecule has 0 amide bonds. The van der Waals surface area contributed by atoms with Crippen LogP contribution in [-0.4, -0.2) is 13.7 Å². The van der Waals surface area contributed by atoms with Crippen LogP contribution in [0.2, 0.25) is 0 Å². The van der Waals surface area contributed by atoms with Crippen molar-refractivity contribution in [2.45, 2.75) is 50.9 Å². The number of rotatable bonds is 5. The van der Waals surface area contributed by atoms with E-state index in [4.69, 9.17) is 10.5 Å². The van der Waals surface area contributed by atoms with Gasteiger partial charge in [0.25, 0.3) is 0 Å². The van der Waals surface area contributed by atoms with Crippen LogP contribution in [0.25, 0.3) is 0 Å². The Morgan fingerprint density at radius 3 is 2.67 bits per heavy atom. The highest BCUT2D eigenvalue weighted by Gasteiger charge is 2.19. The van der Waals surface area contributed by atoms with Gasteiger partial charge in [-0.2, -0.15) is 0 Å². The second-order valence-corrected chi connectivity index (χ2v) is 5.46. The van der Waals surface area contributed by atoms with Gasteiger partial charge in [0.15, 0.2) is 0 Å². The second kappa shape index (κ2) is 6.24. The molecular weight excluding hydrogens is 222 g/mol. The van der Waals surface area contributed by atoms with Crippen LogP contribution in [0.1, 0.15) is 62.0 Å². The second-order valence-electron chi connectivity index (χ2n) is 5.46. The summed E-state index contributed by atoms with van der Waals surface area (Å²) in [4.78, 5) is 0. The van der Waals surface area contributed by atoms with Gasteiger partial charge in [0.1, 0.15) is 5.75 Å². The van der Waals surface area contributed by atoms with Crippen LogP contribution in [0, 0.1) is 0 Å². The zero-order valence-corrected chi connectivity index (χ0v) is 11.6. The van der Waals surface area contributed by atoms with Crippen molar-refractivity contribution in [1.82, 2.24) is 0 Å². The van der Waals surface area contributed by atoms with E-state index in [1.165, 1.54) is 36.8 Å². The first-order valence-electron chi connectivity index (χ1n) is 7.14. The van der Waals surface area contributed by atoms with Gasteiger partial charge in [0, 0.05) is 0 Å². The lowest BCUT2D eigenvalue weighted by molar-refractivity contribution is 0.405. The summed E-state index contributed by atoms with van der Waals surface area (Å²) in [6.45, 7) is 2.97. The van der Waals surface area contributed by atoms with E-state index in [0.717, 1.165) is 24.6 Å². The molecule has 2 heteroatoms. The maximum absolute atomic E-state index is 5.68. The highest BCUT2D eigenvalue weighted by molar-refractivity contribution is 5.41. The van der Waals surface area contributed by atoms with Crippen molar-refractivity contribution >= 4 is 0 Å². The van der Waals surface area contributed by atoms with Crippen LogP contribution in [0.4, 0.5) is 0 Å². The molecule has 0 aromatic heterocycles. The van der Waals surface area contributed by atoms with Gasteiger partial charge in [0.05, 0.1) is 7.11 Å². The normalized spacial score (nSPS) is 17.9. The minimum Gasteiger partial charge on any atom is -0.496 e. The monoisotopic (exact) mass is 247 g/mol. The molecule has 2 nitrogen and oxygen atoms in total. The third-order valence-electron chi connectivity index (χ3n) is 4.21. The van der Waals surface area contributed by atoms with E-state index in [9.17, 15) is 0 Å². The smallest absolute Gasteiger partial charge is 0.122 e. The molecule has 100 valence electrons. The van der Waals surface area contributed by atoms with E-state index in [0.29, 0.717) is 5.92 Å². The average molecular weight is 247 g/mol. The molecule has 1 saturated carbocycles. The molecule has 1 aromatic carbocycles. The molecule has 0 heterocycles. The predicted molar refractivity (Wildman–Crippen MR) is 76.3 cm³/mol. The highest BCUT2D eigenvalue weighted by Crippen LogP contribution is 2.38. The summed E-state index contributed by atoms with van der Waals surface area (Å²) >= 11 is 0. The van der Waals surface area contributed by atoms with Crippen molar-refractivity contribution in [2.75, 3.05) is 13.7 Å². The van der Waals surface area contributed by atoms with Gasteiger partial charge in [-0.15, -0.1) is 0 Å². The van der Waals surface area contributed by atoms with Crippen molar-refractivity contribution in [3.8, 4) is 5.75 Å². The molecule has 2 rings (SSSR count). The predicted octanol–water partition coefficient (Wildman–Crippen LogP) is 3.81. The summed E-state index contributed by atoms with van der Waals surface area (Å²) in [5.74, 6) is 2.25. The molecule has 1 fully saturated rings. The first-order chi connectivity index (χ1) is 8.76. The Kier molecular flexibility index (Phi) is 4.65. The van der Waals surface area contributed by atoms with Gasteiger partial charge in [-0.05, 0) is 54.8 Å². The molecule has 2 N–H and O–H groups in total. The Hall–Kier alpha value is -1.02. The number of hydrogen-bond donors (Lipinski definition) is 1. The van der Waals surface area contributed by atoms with Crippen LogP contribution in [0.3, 0.4) is 0 Å². The molecule has 1 aliphatic rings. The summed E-state index contributed by atoms with van der Waals surface area (Å²) in [6.07, 6.45) is 6.47. The van der Waals surface area contributed by atoms with Gasteiger partial charge in [-0.3, -0.25) is 0 Å². The third kappa shape index (κ3) is 2.86. The van der Waals surface area contributed by atoms with Gasteiger partial charge < -0.3 is 10.5 Å². The Morgan fingerprint density at radius 1 is 1.33 bits per heavy atom. The molecule has 0 radical (unpaired) electrons. The van der Waals surface area contributed by atoms with E-state index in [-0.39, 0.29) is 0 Å². The zero-order valence-electron chi connectivity index (χ0n) is 11.6. The molecule has 0 saturated heterocycles. The summed E-state index contributed by atoms with van der Waals surface area (Å²) < 4.78 is 5.49. The number of benzene rings is 1. The molecule has 1 atom stereocenters. The van der Waals surface area contributed by atoms with Gasteiger partial charge >= 0.3 is 0 Å². The zero-order chi connectivity index (χ0) is 13.0. The molecule has 0 aliphatic heterocycles. The van der Waals surface area contributed by atoms with E-state index >= 15 is 0 Å². The van der Waals surface area contributed by atoms with Gasteiger partial charge in [-0.25, -0.2) is 0 Å². The standard InChI is InChI=1S/C16H25NO/c1-12(9-10-17)15-11-14(7-8-16(15)18-2)13-5-3-4-6-13/h7-8,11-13H,3-6,9-10,17H2,1-2H3. The molecule has 0 bridgehead atoms. The quantitative estimate of drug-likeness (QED) is 0.858. The topological polar surface area (TPSA) is 35.2 Å². The van der Waals surface area contributed by atoms with Crippen LogP contribution in [0.15, 0.2) is 18.2 Å². The fourth-order valence-electron chi connectivity index (χ4n) is 3.06. The van der Waals surface area contributed by atoms with Crippen molar-refractivity contribution < 1.29 is 4.74 Å². The fraction of sp³-hybridized carbons (Fsp3) is 0.625. The van der Waals surface area contributed by atoms with Crippen LogP contribution in [-0.2, 0) is 0 Å². The summed E-state index contributed by atoms with van der Waals surface area (Å²) in [5.41, 5.74) is 8.50. The first-order valence-corrected chi connectivity index (χ1v) is 7.14. The number of hydrogen-bond acceptors (Lipinski definition) is 2. The molecule has 1 unspecified atom stereocenters. The number of methoxy groups -OCH3 is 1. The van der Waals surface area contributed by atoms with E-state index < -0.39 is 0 Å². The van der Waals surface area contributed by atoms with Crippen molar-refractivity contribution in [1.29, 1.82) is 0 Å². The SMILES string of the molecule is COc1ccc(C2CCCC2)cc1C(C)CCN. The molecule has 1 aliphatic carbocycles. The molecular formula is C16H25NO. The minimum atomic E-state index is 0.478. The molecule has 1 aromatic rings. The maximum atomic E-state index is 5.68. The van der Waals surface area contributed by atoms with Gasteiger partial charge in [0.2, 0.25) is 0 Å². The fourth-order valence-corrected chi connectivity index (χ4v) is 3.06. The van der Waals surface area contributed by atoms with Crippen molar-refractivity contribution in [3.63, 3.8) is 0 Å². The lowest BCUT2D eigenvalue weighted by Gasteiger charge is -2.18. The van der Waals surface area contributed by atoms with E-state index in [1.54, 1.807) is 7.11 Å². The lowest BCUT2D eigenvalue weighted by atomic mass is 9.90. The Labute approximate surface area is 111 Å². The van der Waals surface area contributed by atoms with Crippen molar-refractivity contribution in [2.24, 2.45) is 5.73 Å². The van der Waals surface area contributed by atoms with Crippen molar-refractivity contribution in [3.05, 3.63) is 29.3 Å². The molecule has 18 heavy (non-hydrogen) atoms. The summed E-state index contributed by atoms with van der Waals surface area (Å²) in [6, 6.07) is 6.73. The summed E-state index contributed by atoms with van der Waals surface area (Å²) in [5, 5.41) is 0. The van der Waals surface area contributed by atoms with Gasteiger partial charge in [-0.1, -0.05) is 31.9 Å². The average Bonchev–Trinajstić information content (AvgIpc) is 2.92.